The summed E-state index contributed by atoms with van der Waals surface area (Å²) >= 11 is 1.40. The van der Waals surface area contributed by atoms with Crippen LogP contribution in [0.1, 0.15) is 10.4 Å². The number of ketones is 1. The minimum atomic E-state index is -0.287. The number of hydrogen-bond donors (Lipinski definition) is 2. The fraction of sp³-hybridized carbons (Fsp3) is 0.133. The highest BCUT2D eigenvalue weighted by Gasteiger charge is 2.09. The van der Waals surface area contributed by atoms with Gasteiger partial charge in [-0.3, -0.25) is 4.79 Å². The van der Waals surface area contributed by atoms with Crippen molar-refractivity contribution >= 4 is 17.5 Å². The van der Waals surface area contributed by atoms with Gasteiger partial charge in [-0.1, -0.05) is 0 Å². The van der Waals surface area contributed by atoms with E-state index in [1.807, 2.05) is 24.3 Å². The average molecular weight is 290 g/mol. The molecule has 0 unspecified atom stereocenters. The number of rotatable bonds is 5. The molecule has 0 saturated carbocycles. The third-order valence-corrected chi connectivity index (χ3v) is 3.74. The largest absolute Gasteiger partial charge is 0.504 e. The summed E-state index contributed by atoms with van der Waals surface area (Å²) < 4.78 is 5.06. The Labute approximate surface area is 121 Å². The smallest absolute Gasteiger partial charge is 0.173 e. The van der Waals surface area contributed by atoms with E-state index in [9.17, 15) is 15.0 Å². The Balaban J connectivity index is 1.98. The third kappa shape index (κ3) is 3.45. The van der Waals surface area contributed by atoms with E-state index >= 15 is 0 Å². The minimum absolute atomic E-state index is 0.110. The number of carbonyl (C=O) groups is 1. The van der Waals surface area contributed by atoms with Crippen LogP contribution in [0.15, 0.2) is 47.4 Å². The standard InChI is InChI=1S/C15H14O4S/c1-19-11-3-5-12(6-4-11)20-9-15(18)10-2-7-13(16)14(17)8-10/h2-8,16-17H,9H2,1H3. The van der Waals surface area contributed by atoms with Crippen LogP contribution in [0.25, 0.3) is 0 Å². The van der Waals surface area contributed by atoms with Gasteiger partial charge in [0.25, 0.3) is 0 Å². The van der Waals surface area contributed by atoms with Crippen molar-refractivity contribution in [3.05, 3.63) is 48.0 Å². The molecule has 104 valence electrons. The number of Topliss-reactive ketones (excluding diaryl/α,β-unsaturated/α-hetero) is 1. The number of methoxy groups -OCH3 is 1. The number of carbonyl (C=O) groups excluding carboxylic acids is 1. The molecule has 0 aliphatic carbocycles. The van der Waals surface area contributed by atoms with Crippen molar-refractivity contribution < 1.29 is 19.7 Å². The second kappa shape index (κ2) is 6.34. The molecule has 2 N–H and O–H groups in total. The minimum Gasteiger partial charge on any atom is -0.504 e. The highest BCUT2D eigenvalue weighted by atomic mass is 32.2. The molecule has 0 amide bonds. The van der Waals surface area contributed by atoms with Crippen LogP contribution in [0.5, 0.6) is 17.2 Å². The van der Waals surface area contributed by atoms with Gasteiger partial charge in [-0.05, 0) is 42.5 Å². The molecular formula is C15H14O4S. The Morgan fingerprint density at radius 2 is 1.80 bits per heavy atom. The predicted molar refractivity (Wildman–Crippen MR) is 77.8 cm³/mol. The summed E-state index contributed by atoms with van der Waals surface area (Å²) in [5.74, 6) is 0.399. The first kappa shape index (κ1) is 14.3. The van der Waals surface area contributed by atoms with E-state index in [-0.39, 0.29) is 23.0 Å². The molecule has 0 radical (unpaired) electrons. The van der Waals surface area contributed by atoms with E-state index in [1.54, 1.807) is 7.11 Å². The highest BCUT2D eigenvalue weighted by molar-refractivity contribution is 8.00. The number of phenolic OH excluding ortho intramolecular Hbond substituents is 2. The fourth-order valence-electron chi connectivity index (χ4n) is 1.60. The summed E-state index contributed by atoms with van der Waals surface area (Å²) in [5, 5.41) is 18.6. The van der Waals surface area contributed by atoms with E-state index in [0.717, 1.165) is 10.6 Å². The Bertz CT molecular complexity index is 608. The Morgan fingerprint density at radius 3 is 2.40 bits per heavy atom. The molecule has 2 rings (SSSR count). The second-order valence-electron chi connectivity index (χ2n) is 4.09. The zero-order chi connectivity index (χ0) is 14.5. The summed E-state index contributed by atoms with van der Waals surface area (Å²) in [4.78, 5) is 12.9. The van der Waals surface area contributed by atoms with Gasteiger partial charge in [0, 0.05) is 10.5 Å². The molecule has 0 spiro atoms. The Morgan fingerprint density at radius 1 is 1.10 bits per heavy atom. The number of hydrogen-bond acceptors (Lipinski definition) is 5. The van der Waals surface area contributed by atoms with E-state index in [0.29, 0.717) is 5.56 Å². The van der Waals surface area contributed by atoms with Crippen LogP contribution in [0, 0.1) is 0 Å². The maximum Gasteiger partial charge on any atom is 0.173 e. The lowest BCUT2D eigenvalue weighted by atomic mass is 10.1. The van der Waals surface area contributed by atoms with Crippen molar-refractivity contribution in [2.24, 2.45) is 0 Å². The summed E-state index contributed by atoms with van der Waals surface area (Å²) in [6, 6.07) is 11.5. The molecule has 0 aliphatic rings. The Kier molecular flexibility index (Phi) is 4.53. The molecule has 4 nitrogen and oxygen atoms in total. The van der Waals surface area contributed by atoms with Crippen molar-refractivity contribution in [2.75, 3.05) is 12.9 Å². The van der Waals surface area contributed by atoms with Gasteiger partial charge in [0.15, 0.2) is 17.3 Å². The normalized spacial score (nSPS) is 10.2. The van der Waals surface area contributed by atoms with Crippen LogP contribution in [0.4, 0.5) is 0 Å². The van der Waals surface area contributed by atoms with Crippen LogP contribution in [0.2, 0.25) is 0 Å². The number of benzene rings is 2. The highest BCUT2D eigenvalue weighted by Crippen LogP contribution is 2.27. The van der Waals surface area contributed by atoms with Crippen molar-refractivity contribution in [3.8, 4) is 17.2 Å². The maximum absolute atomic E-state index is 12.0. The van der Waals surface area contributed by atoms with Crippen molar-refractivity contribution in [2.45, 2.75) is 4.90 Å². The molecule has 0 saturated heterocycles. The molecule has 5 heteroatoms. The summed E-state index contributed by atoms with van der Waals surface area (Å²) in [6.45, 7) is 0. The summed E-state index contributed by atoms with van der Waals surface area (Å²) in [7, 11) is 1.60. The lowest BCUT2D eigenvalue weighted by molar-refractivity contribution is 0.102. The molecule has 2 aromatic rings. The zero-order valence-electron chi connectivity index (χ0n) is 10.9. The monoisotopic (exact) mass is 290 g/mol. The van der Waals surface area contributed by atoms with Crippen LogP contribution in [-0.4, -0.2) is 28.9 Å². The van der Waals surface area contributed by atoms with Crippen molar-refractivity contribution in [3.63, 3.8) is 0 Å². The van der Waals surface area contributed by atoms with Gasteiger partial charge in [-0.25, -0.2) is 0 Å². The van der Waals surface area contributed by atoms with Crippen molar-refractivity contribution in [1.29, 1.82) is 0 Å². The molecule has 0 atom stereocenters. The first-order chi connectivity index (χ1) is 9.60. The second-order valence-corrected chi connectivity index (χ2v) is 5.14. The zero-order valence-corrected chi connectivity index (χ0v) is 11.7. The van der Waals surface area contributed by atoms with Gasteiger partial charge >= 0.3 is 0 Å². The van der Waals surface area contributed by atoms with Gasteiger partial charge in [0.2, 0.25) is 0 Å². The lowest BCUT2D eigenvalue weighted by Crippen LogP contribution is -2.01. The topological polar surface area (TPSA) is 66.8 Å². The first-order valence-electron chi connectivity index (χ1n) is 5.92. The lowest BCUT2D eigenvalue weighted by Gasteiger charge is -2.04. The average Bonchev–Trinajstić information content (AvgIpc) is 2.48. The van der Waals surface area contributed by atoms with E-state index in [2.05, 4.69) is 0 Å². The number of phenols is 2. The molecule has 2 aromatic carbocycles. The van der Waals surface area contributed by atoms with E-state index < -0.39 is 0 Å². The van der Waals surface area contributed by atoms with Gasteiger partial charge < -0.3 is 14.9 Å². The SMILES string of the molecule is COc1ccc(SCC(=O)c2ccc(O)c(O)c2)cc1. The molecule has 0 aliphatic heterocycles. The van der Waals surface area contributed by atoms with Crippen LogP contribution in [-0.2, 0) is 0 Å². The van der Waals surface area contributed by atoms with Gasteiger partial charge in [-0.15, -0.1) is 11.8 Å². The van der Waals surface area contributed by atoms with Gasteiger partial charge in [0.1, 0.15) is 5.75 Å². The van der Waals surface area contributed by atoms with E-state index in [1.165, 1.54) is 30.0 Å². The Hall–Kier alpha value is -2.14. The number of aromatic hydroxyl groups is 2. The van der Waals surface area contributed by atoms with Crippen molar-refractivity contribution in [1.82, 2.24) is 0 Å². The molecule has 0 fully saturated rings. The van der Waals surface area contributed by atoms with Crippen LogP contribution >= 0.6 is 11.8 Å². The molecule has 0 aromatic heterocycles. The quantitative estimate of drug-likeness (QED) is 0.503. The maximum atomic E-state index is 12.0. The van der Waals surface area contributed by atoms with Crippen LogP contribution in [0.3, 0.4) is 0 Å². The molecule has 0 bridgehead atoms. The van der Waals surface area contributed by atoms with Crippen LogP contribution < -0.4 is 4.74 Å². The summed E-state index contributed by atoms with van der Waals surface area (Å²) in [5.41, 5.74) is 0.376. The van der Waals surface area contributed by atoms with Gasteiger partial charge in [0.05, 0.1) is 12.9 Å². The summed E-state index contributed by atoms with van der Waals surface area (Å²) in [6.07, 6.45) is 0. The third-order valence-electron chi connectivity index (χ3n) is 2.73. The number of ether oxygens (including phenoxy) is 1. The molecule has 0 heterocycles. The molecular weight excluding hydrogens is 276 g/mol. The predicted octanol–water partition coefficient (Wildman–Crippen LogP) is 3.08. The fourth-order valence-corrected chi connectivity index (χ4v) is 2.39. The number of thioether (sulfide) groups is 1. The molecule has 20 heavy (non-hydrogen) atoms. The van der Waals surface area contributed by atoms with Gasteiger partial charge in [-0.2, -0.15) is 0 Å². The van der Waals surface area contributed by atoms with E-state index in [4.69, 9.17) is 4.74 Å². The first-order valence-corrected chi connectivity index (χ1v) is 6.91.